The van der Waals surface area contributed by atoms with Crippen LogP contribution in [0.1, 0.15) is 48.2 Å². The van der Waals surface area contributed by atoms with Gasteiger partial charge in [-0.3, -0.25) is 9.78 Å². The van der Waals surface area contributed by atoms with E-state index in [1.807, 2.05) is 13.0 Å². The molecule has 1 fully saturated rings. The van der Waals surface area contributed by atoms with E-state index in [0.29, 0.717) is 12.1 Å². The molecule has 1 aromatic carbocycles. The quantitative estimate of drug-likeness (QED) is 0.592. The molecule has 3 unspecified atom stereocenters. The van der Waals surface area contributed by atoms with Crippen molar-refractivity contribution in [2.75, 3.05) is 5.32 Å². The summed E-state index contributed by atoms with van der Waals surface area (Å²) in [4.78, 5) is 20.9. The summed E-state index contributed by atoms with van der Waals surface area (Å²) in [7, 11) is 0. The maximum absolute atomic E-state index is 14.3. The average Bonchev–Trinajstić information content (AvgIpc) is 2.77. The third-order valence-corrected chi connectivity index (χ3v) is 5.95. The summed E-state index contributed by atoms with van der Waals surface area (Å²) in [6.45, 7) is 1.99. The normalized spacial score (nSPS) is 20.7. The molecule has 32 heavy (non-hydrogen) atoms. The summed E-state index contributed by atoms with van der Waals surface area (Å²) >= 11 is 0. The van der Waals surface area contributed by atoms with Gasteiger partial charge in [0.1, 0.15) is 28.8 Å². The largest absolute Gasteiger partial charge is 0.393 e. The molecule has 4 rings (SSSR count). The Hall–Kier alpha value is -3.26. The second kappa shape index (κ2) is 9.08. The van der Waals surface area contributed by atoms with Crippen LogP contribution < -0.4 is 5.32 Å². The number of amides is 1. The number of nitrogens with zero attached hydrogens (tertiary/aromatic N) is 2. The lowest BCUT2D eigenvalue weighted by Gasteiger charge is -2.32. The third-order valence-electron chi connectivity index (χ3n) is 5.95. The Labute approximate surface area is 183 Å². The summed E-state index contributed by atoms with van der Waals surface area (Å²) < 4.78 is 42.6. The predicted molar refractivity (Wildman–Crippen MR) is 114 cm³/mol. The minimum atomic E-state index is -0.975. The van der Waals surface area contributed by atoms with Crippen molar-refractivity contribution in [2.24, 2.45) is 5.92 Å². The highest BCUT2D eigenvalue weighted by Gasteiger charge is 2.29. The molecule has 1 aliphatic rings. The monoisotopic (exact) mass is 441 g/mol. The summed E-state index contributed by atoms with van der Waals surface area (Å²) in [6.07, 6.45) is 5.01. The second-order valence-electron chi connectivity index (χ2n) is 8.10. The van der Waals surface area contributed by atoms with Gasteiger partial charge in [0.2, 0.25) is 0 Å². The molecule has 2 aromatic heterocycles. The van der Waals surface area contributed by atoms with E-state index < -0.39 is 34.6 Å². The number of rotatable bonds is 4. The first-order chi connectivity index (χ1) is 15.3. The Kier molecular flexibility index (Phi) is 6.23. The molecule has 1 amide bonds. The summed E-state index contributed by atoms with van der Waals surface area (Å²) in [5.41, 5.74) is -0.0251. The molecule has 0 saturated heterocycles. The first-order valence-corrected chi connectivity index (χ1v) is 10.4. The van der Waals surface area contributed by atoms with E-state index in [1.165, 1.54) is 6.20 Å². The Morgan fingerprint density at radius 2 is 1.81 bits per heavy atom. The van der Waals surface area contributed by atoms with E-state index in [2.05, 4.69) is 15.3 Å². The maximum atomic E-state index is 14.3. The van der Waals surface area contributed by atoms with E-state index in [0.717, 1.165) is 48.7 Å². The van der Waals surface area contributed by atoms with Gasteiger partial charge in [-0.05, 0) is 67.0 Å². The molecule has 3 atom stereocenters. The third kappa shape index (κ3) is 4.36. The van der Waals surface area contributed by atoms with Crippen molar-refractivity contribution in [1.82, 2.24) is 9.97 Å². The van der Waals surface area contributed by atoms with Gasteiger partial charge in [-0.25, -0.2) is 18.2 Å². The molecule has 2 N–H and O–H groups in total. The Morgan fingerprint density at radius 1 is 1.06 bits per heavy atom. The SMILES string of the molecule is CC1CC(c2ccncc2NC(=O)c2ccc(F)c(-c3c(F)cccc3F)n2)CCC1O. The van der Waals surface area contributed by atoms with Gasteiger partial charge < -0.3 is 10.4 Å². The van der Waals surface area contributed by atoms with Crippen molar-refractivity contribution in [2.45, 2.75) is 38.2 Å². The van der Waals surface area contributed by atoms with Crippen molar-refractivity contribution in [3.8, 4) is 11.3 Å². The minimum absolute atomic E-state index is 0.127. The van der Waals surface area contributed by atoms with Gasteiger partial charge in [0.15, 0.2) is 0 Å². The van der Waals surface area contributed by atoms with E-state index in [9.17, 15) is 23.1 Å². The van der Waals surface area contributed by atoms with E-state index >= 15 is 0 Å². The molecule has 1 aliphatic carbocycles. The van der Waals surface area contributed by atoms with Crippen LogP contribution in [0, 0.1) is 23.4 Å². The molecule has 0 radical (unpaired) electrons. The summed E-state index contributed by atoms with van der Waals surface area (Å²) in [5, 5.41) is 12.8. The summed E-state index contributed by atoms with van der Waals surface area (Å²) in [6, 6.07) is 7.09. The lowest BCUT2D eigenvalue weighted by Crippen LogP contribution is -2.26. The van der Waals surface area contributed by atoms with E-state index in [1.54, 1.807) is 6.20 Å². The van der Waals surface area contributed by atoms with Crippen LogP contribution in [0.3, 0.4) is 0 Å². The number of carbonyl (C=O) groups is 1. The molecule has 0 aliphatic heterocycles. The van der Waals surface area contributed by atoms with Crippen LogP contribution in [0.5, 0.6) is 0 Å². The van der Waals surface area contributed by atoms with Crippen molar-refractivity contribution in [3.63, 3.8) is 0 Å². The standard InChI is InChI=1S/C24H22F3N3O2/c1-13-11-14(5-8-21(13)31)15-9-10-28-12-20(15)30-24(32)19-7-6-18(27)23(29-19)22-16(25)3-2-4-17(22)26/h2-4,6-7,9-10,12-14,21,31H,5,8,11H2,1H3,(H,30,32). The maximum Gasteiger partial charge on any atom is 0.274 e. The van der Waals surface area contributed by atoms with Crippen LogP contribution in [-0.2, 0) is 0 Å². The Morgan fingerprint density at radius 3 is 2.53 bits per heavy atom. The highest BCUT2D eigenvalue weighted by Crippen LogP contribution is 2.39. The van der Waals surface area contributed by atoms with Gasteiger partial charge in [-0.2, -0.15) is 0 Å². The van der Waals surface area contributed by atoms with Gasteiger partial charge in [0.25, 0.3) is 5.91 Å². The van der Waals surface area contributed by atoms with Gasteiger partial charge in [-0.1, -0.05) is 13.0 Å². The van der Waals surface area contributed by atoms with Crippen LogP contribution in [0.25, 0.3) is 11.3 Å². The van der Waals surface area contributed by atoms with Gasteiger partial charge >= 0.3 is 0 Å². The lowest BCUT2D eigenvalue weighted by molar-refractivity contribution is 0.0712. The molecule has 5 nitrogen and oxygen atoms in total. The number of hydrogen-bond donors (Lipinski definition) is 2. The lowest BCUT2D eigenvalue weighted by atomic mass is 9.77. The average molecular weight is 441 g/mol. The van der Waals surface area contributed by atoms with Crippen molar-refractivity contribution in [3.05, 3.63) is 77.5 Å². The fourth-order valence-corrected chi connectivity index (χ4v) is 4.18. The van der Waals surface area contributed by atoms with Gasteiger partial charge in [0, 0.05) is 6.20 Å². The fourth-order valence-electron chi connectivity index (χ4n) is 4.18. The molecule has 3 aromatic rings. The van der Waals surface area contributed by atoms with Crippen molar-refractivity contribution >= 4 is 11.6 Å². The zero-order valence-electron chi connectivity index (χ0n) is 17.4. The van der Waals surface area contributed by atoms with Crippen LogP contribution in [0.4, 0.5) is 18.9 Å². The first-order valence-electron chi connectivity index (χ1n) is 10.4. The van der Waals surface area contributed by atoms with Crippen LogP contribution >= 0.6 is 0 Å². The fraction of sp³-hybridized carbons (Fsp3) is 0.292. The number of aliphatic hydroxyl groups excluding tert-OH is 1. The minimum Gasteiger partial charge on any atom is -0.393 e. The number of halogens is 3. The number of carbonyl (C=O) groups excluding carboxylic acids is 1. The zero-order valence-corrected chi connectivity index (χ0v) is 17.4. The first kappa shape index (κ1) is 22.0. The Bertz CT molecular complexity index is 1130. The highest BCUT2D eigenvalue weighted by atomic mass is 19.1. The topological polar surface area (TPSA) is 75.1 Å². The molecule has 166 valence electrons. The number of pyridine rings is 2. The van der Waals surface area contributed by atoms with E-state index in [-0.39, 0.29) is 23.6 Å². The molecule has 0 bridgehead atoms. The van der Waals surface area contributed by atoms with E-state index in [4.69, 9.17) is 0 Å². The predicted octanol–water partition coefficient (Wildman–Crippen LogP) is 5.08. The molecule has 8 heteroatoms. The number of aromatic nitrogens is 2. The van der Waals surface area contributed by atoms with Crippen molar-refractivity contribution in [1.29, 1.82) is 0 Å². The zero-order chi connectivity index (χ0) is 22.8. The smallest absolute Gasteiger partial charge is 0.274 e. The molecular weight excluding hydrogens is 419 g/mol. The van der Waals surface area contributed by atoms with Crippen LogP contribution in [-0.4, -0.2) is 27.1 Å². The number of anilines is 1. The number of aliphatic hydroxyl groups is 1. The van der Waals surface area contributed by atoms with Gasteiger partial charge in [0.05, 0.1) is 23.6 Å². The number of nitrogens with one attached hydrogen (secondary N) is 1. The van der Waals surface area contributed by atoms with Crippen LogP contribution in [0.15, 0.2) is 48.8 Å². The second-order valence-corrected chi connectivity index (χ2v) is 8.10. The number of hydrogen-bond acceptors (Lipinski definition) is 4. The highest BCUT2D eigenvalue weighted by molar-refractivity contribution is 6.03. The Balaban J connectivity index is 1.62. The molecule has 0 spiro atoms. The molecule has 1 saturated carbocycles. The van der Waals surface area contributed by atoms with Crippen molar-refractivity contribution < 1.29 is 23.1 Å². The molecular formula is C24H22F3N3O2. The van der Waals surface area contributed by atoms with Gasteiger partial charge in [-0.15, -0.1) is 0 Å². The number of benzene rings is 1. The molecule has 2 heterocycles. The van der Waals surface area contributed by atoms with Crippen LogP contribution in [0.2, 0.25) is 0 Å². The summed E-state index contributed by atoms with van der Waals surface area (Å²) in [5.74, 6) is -3.28.